The van der Waals surface area contributed by atoms with E-state index in [0.717, 1.165) is 5.56 Å². The van der Waals surface area contributed by atoms with Crippen molar-refractivity contribution in [2.24, 2.45) is 0 Å². The number of rotatable bonds is 5. The summed E-state index contributed by atoms with van der Waals surface area (Å²) in [4.78, 5) is 26.3. The van der Waals surface area contributed by atoms with E-state index < -0.39 is 12.3 Å². The summed E-state index contributed by atoms with van der Waals surface area (Å²) in [6, 6.07) is 5.48. The van der Waals surface area contributed by atoms with Crippen LogP contribution >= 0.6 is 0 Å². The number of carbonyl (C=O) groups is 2. The maximum Gasteiger partial charge on any atom is 0.319 e. The Morgan fingerprint density at radius 2 is 1.92 bits per heavy atom. The summed E-state index contributed by atoms with van der Waals surface area (Å²) < 4.78 is 10.3. The van der Waals surface area contributed by atoms with Crippen LogP contribution in [0.15, 0.2) is 35.5 Å². The second kappa shape index (κ2) is 6.50. The molecule has 0 radical (unpaired) electrons. The normalized spacial score (nSPS) is 20.3. The molecule has 3 rings (SSSR count). The number of benzene rings is 1. The van der Waals surface area contributed by atoms with E-state index in [0.29, 0.717) is 17.8 Å². The van der Waals surface area contributed by atoms with E-state index in [2.05, 4.69) is 10.6 Å². The van der Waals surface area contributed by atoms with Crippen molar-refractivity contribution in [2.75, 3.05) is 27.3 Å². The van der Waals surface area contributed by atoms with Crippen LogP contribution in [0.4, 0.5) is 4.79 Å². The Morgan fingerprint density at radius 1 is 1.25 bits per heavy atom. The standard InChI is InChI=1S/C16H19N3O5/c1-23-12(24-2)8-19-7-11-13(15(19)21)14(18-16(22)17-11)9-3-5-10(20)6-4-9/h3-6,12,14,20H,7-8H2,1-2H3,(H2,17,18,22)/t14-/m0/s1. The van der Waals surface area contributed by atoms with Crippen LogP contribution in [0.5, 0.6) is 5.75 Å². The number of urea groups is 1. The lowest BCUT2D eigenvalue weighted by molar-refractivity contribution is -0.140. The van der Waals surface area contributed by atoms with E-state index in [1.165, 1.54) is 26.4 Å². The summed E-state index contributed by atoms with van der Waals surface area (Å²) in [6.07, 6.45) is -0.536. The van der Waals surface area contributed by atoms with Crippen LogP contribution in [-0.4, -0.2) is 55.5 Å². The number of nitrogens with one attached hydrogen (secondary N) is 2. The molecule has 128 valence electrons. The molecule has 0 saturated heterocycles. The van der Waals surface area contributed by atoms with Gasteiger partial charge in [-0.2, -0.15) is 0 Å². The van der Waals surface area contributed by atoms with Crippen molar-refractivity contribution in [3.63, 3.8) is 0 Å². The molecule has 1 aromatic carbocycles. The predicted octanol–water partition coefficient (Wildman–Crippen LogP) is 0.461. The number of phenolic OH excluding ortho intramolecular Hbond substituents is 1. The van der Waals surface area contributed by atoms with Gasteiger partial charge in [0, 0.05) is 14.2 Å². The Kier molecular flexibility index (Phi) is 4.41. The van der Waals surface area contributed by atoms with Gasteiger partial charge in [-0.15, -0.1) is 0 Å². The summed E-state index contributed by atoms with van der Waals surface area (Å²) in [5.41, 5.74) is 1.79. The van der Waals surface area contributed by atoms with Crippen molar-refractivity contribution in [1.29, 1.82) is 0 Å². The molecule has 2 aliphatic rings. The van der Waals surface area contributed by atoms with Gasteiger partial charge in [0.25, 0.3) is 5.91 Å². The third-order valence-electron chi connectivity index (χ3n) is 4.14. The first-order chi connectivity index (χ1) is 11.5. The van der Waals surface area contributed by atoms with Gasteiger partial charge in [0.15, 0.2) is 6.29 Å². The van der Waals surface area contributed by atoms with Crippen molar-refractivity contribution in [3.05, 3.63) is 41.1 Å². The number of hydrogen-bond donors (Lipinski definition) is 3. The number of hydrogen-bond acceptors (Lipinski definition) is 5. The lowest BCUT2D eigenvalue weighted by Gasteiger charge is -2.25. The SMILES string of the molecule is COC(CN1CC2=C(C1=O)[C@H](c1ccc(O)cc1)NC(=O)N2)OC. The van der Waals surface area contributed by atoms with Crippen LogP contribution in [0, 0.1) is 0 Å². The molecule has 0 spiro atoms. The number of amides is 3. The topological polar surface area (TPSA) is 100 Å². The Labute approximate surface area is 139 Å². The fraction of sp³-hybridized carbons (Fsp3) is 0.375. The van der Waals surface area contributed by atoms with Gasteiger partial charge in [-0.25, -0.2) is 4.79 Å². The molecule has 8 nitrogen and oxygen atoms in total. The molecule has 2 aliphatic heterocycles. The fourth-order valence-electron chi connectivity index (χ4n) is 2.92. The maximum atomic E-state index is 12.8. The Bertz CT molecular complexity index is 681. The highest BCUT2D eigenvalue weighted by molar-refractivity contribution is 6.01. The third-order valence-corrected chi connectivity index (χ3v) is 4.14. The van der Waals surface area contributed by atoms with Gasteiger partial charge in [-0.3, -0.25) is 4.79 Å². The number of ether oxygens (including phenoxy) is 2. The summed E-state index contributed by atoms with van der Waals surface area (Å²) in [5.74, 6) is -0.0645. The minimum atomic E-state index is -0.560. The molecule has 0 bridgehead atoms. The van der Waals surface area contributed by atoms with Crippen LogP contribution in [0.2, 0.25) is 0 Å². The highest BCUT2D eigenvalue weighted by Crippen LogP contribution is 2.33. The Balaban J connectivity index is 1.87. The molecule has 0 saturated carbocycles. The minimum absolute atomic E-state index is 0.121. The van der Waals surface area contributed by atoms with Gasteiger partial charge >= 0.3 is 6.03 Å². The molecule has 0 aliphatic carbocycles. The predicted molar refractivity (Wildman–Crippen MR) is 83.9 cm³/mol. The molecule has 24 heavy (non-hydrogen) atoms. The first-order valence-corrected chi connectivity index (χ1v) is 7.48. The zero-order valence-corrected chi connectivity index (χ0v) is 13.4. The third kappa shape index (κ3) is 2.93. The summed E-state index contributed by atoms with van der Waals surface area (Å²) in [5, 5.41) is 14.9. The van der Waals surface area contributed by atoms with Crippen molar-refractivity contribution in [3.8, 4) is 5.75 Å². The molecule has 3 N–H and O–H groups in total. The van der Waals surface area contributed by atoms with Crippen LogP contribution < -0.4 is 10.6 Å². The summed E-state index contributed by atoms with van der Waals surface area (Å²) in [6.45, 7) is 0.552. The molecule has 1 atom stereocenters. The van der Waals surface area contributed by atoms with Crippen molar-refractivity contribution >= 4 is 11.9 Å². The van der Waals surface area contributed by atoms with Crippen LogP contribution in [-0.2, 0) is 14.3 Å². The Morgan fingerprint density at radius 3 is 2.54 bits per heavy atom. The van der Waals surface area contributed by atoms with Gasteiger partial charge in [0.05, 0.1) is 30.4 Å². The molecular formula is C16H19N3O5. The van der Waals surface area contributed by atoms with E-state index in [4.69, 9.17) is 9.47 Å². The highest BCUT2D eigenvalue weighted by atomic mass is 16.7. The zero-order chi connectivity index (χ0) is 17.3. The average molecular weight is 333 g/mol. The van der Waals surface area contributed by atoms with Gasteiger partial charge in [0.2, 0.25) is 0 Å². The maximum absolute atomic E-state index is 12.8. The molecular weight excluding hydrogens is 314 g/mol. The Hall–Kier alpha value is -2.58. The quantitative estimate of drug-likeness (QED) is 0.680. The second-order valence-electron chi connectivity index (χ2n) is 5.60. The zero-order valence-electron chi connectivity index (χ0n) is 13.4. The van der Waals surface area contributed by atoms with Crippen molar-refractivity contribution in [1.82, 2.24) is 15.5 Å². The number of aromatic hydroxyl groups is 1. The molecule has 0 fully saturated rings. The molecule has 1 aromatic rings. The van der Waals surface area contributed by atoms with E-state index >= 15 is 0 Å². The fourth-order valence-corrected chi connectivity index (χ4v) is 2.92. The number of nitrogens with zero attached hydrogens (tertiary/aromatic N) is 1. The van der Waals surface area contributed by atoms with Gasteiger partial charge in [-0.1, -0.05) is 12.1 Å². The van der Waals surface area contributed by atoms with Crippen LogP contribution in [0.1, 0.15) is 11.6 Å². The smallest absolute Gasteiger partial charge is 0.319 e. The van der Waals surface area contributed by atoms with Gasteiger partial charge < -0.3 is 30.1 Å². The summed E-state index contributed by atoms with van der Waals surface area (Å²) in [7, 11) is 3.01. The minimum Gasteiger partial charge on any atom is -0.508 e. The molecule has 8 heteroatoms. The number of methoxy groups -OCH3 is 2. The van der Waals surface area contributed by atoms with Crippen molar-refractivity contribution in [2.45, 2.75) is 12.3 Å². The van der Waals surface area contributed by atoms with Gasteiger partial charge in [-0.05, 0) is 17.7 Å². The molecule has 2 heterocycles. The molecule has 3 amide bonds. The van der Waals surface area contributed by atoms with E-state index in [1.54, 1.807) is 17.0 Å². The largest absolute Gasteiger partial charge is 0.508 e. The van der Waals surface area contributed by atoms with E-state index in [-0.39, 0.29) is 24.2 Å². The van der Waals surface area contributed by atoms with E-state index in [9.17, 15) is 14.7 Å². The average Bonchev–Trinajstić information content (AvgIpc) is 2.88. The highest BCUT2D eigenvalue weighted by Gasteiger charge is 2.40. The van der Waals surface area contributed by atoms with Crippen molar-refractivity contribution < 1.29 is 24.2 Å². The lowest BCUT2D eigenvalue weighted by atomic mass is 9.96. The second-order valence-corrected chi connectivity index (χ2v) is 5.60. The molecule has 0 unspecified atom stereocenters. The monoisotopic (exact) mass is 333 g/mol. The van der Waals surface area contributed by atoms with E-state index in [1.807, 2.05) is 0 Å². The lowest BCUT2D eigenvalue weighted by Crippen LogP contribution is -2.44. The van der Waals surface area contributed by atoms with Gasteiger partial charge in [0.1, 0.15) is 5.75 Å². The first-order valence-electron chi connectivity index (χ1n) is 7.48. The first kappa shape index (κ1) is 16.3. The summed E-state index contributed by atoms with van der Waals surface area (Å²) >= 11 is 0. The number of carbonyl (C=O) groups excluding carboxylic acids is 2. The molecule has 0 aromatic heterocycles. The number of phenols is 1. The van der Waals surface area contributed by atoms with Crippen LogP contribution in [0.3, 0.4) is 0 Å². The van der Waals surface area contributed by atoms with Crippen LogP contribution in [0.25, 0.3) is 0 Å².